The molecule has 1 saturated heterocycles. The highest BCUT2D eigenvalue weighted by molar-refractivity contribution is 5.78. The van der Waals surface area contributed by atoms with E-state index in [0.29, 0.717) is 18.5 Å². The number of alkyl halides is 2. The largest absolute Gasteiger partial charge is 0.434 e. The topological polar surface area (TPSA) is 50.4 Å². The Morgan fingerprint density at radius 2 is 2.20 bits per heavy atom. The number of halogens is 2. The number of hydrogen-bond acceptors (Lipinski definition) is 3. The summed E-state index contributed by atoms with van der Waals surface area (Å²) in [6, 6.07) is 6.68. The fourth-order valence-corrected chi connectivity index (χ4v) is 2.30. The second-order valence-electron chi connectivity index (χ2n) is 4.85. The molecule has 2 rings (SSSR count). The molecule has 0 aliphatic carbocycles. The lowest BCUT2D eigenvalue weighted by Crippen LogP contribution is -2.36. The molecular formula is C14H18F2N2O2. The predicted octanol–water partition coefficient (Wildman–Crippen LogP) is 2.22. The maximum atomic E-state index is 12.3. The molecule has 1 heterocycles. The van der Waals surface area contributed by atoms with Crippen LogP contribution in [0.4, 0.5) is 8.78 Å². The van der Waals surface area contributed by atoms with Gasteiger partial charge in [-0.25, -0.2) is 0 Å². The Morgan fingerprint density at radius 3 is 2.85 bits per heavy atom. The molecule has 6 heteroatoms. The van der Waals surface area contributed by atoms with Crippen LogP contribution in [0.2, 0.25) is 0 Å². The summed E-state index contributed by atoms with van der Waals surface area (Å²) in [7, 11) is 0. The van der Waals surface area contributed by atoms with Gasteiger partial charge in [-0.1, -0.05) is 18.2 Å². The van der Waals surface area contributed by atoms with Crippen molar-refractivity contribution < 1.29 is 18.3 Å². The predicted molar refractivity (Wildman–Crippen MR) is 70.7 cm³/mol. The van der Waals surface area contributed by atoms with E-state index in [2.05, 4.69) is 15.4 Å². The number of carbonyl (C=O) groups excluding carboxylic acids is 1. The molecule has 2 atom stereocenters. The van der Waals surface area contributed by atoms with Gasteiger partial charge in [0.15, 0.2) is 0 Å². The SMILES string of the molecule is CC(NCC1CCC(=O)N1)c1ccccc1OC(F)F. The minimum atomic E-state index is -2.84. The molecule has 0 aromatic heterocycles. The summed E-state index contributed by atoms with van der Waals surface area (Å²) in [4.78, 5) is 11.1. The third-order valence-electron chi connectivity index (χ3n) is 3.36. The Kier molecular flexibility index (Phi) is 4.89. The third-order valence-corrected chi connectivity index (χ3v) is 3.36. The van der Waals surface area contributed by atoms with Crippen molar-refractivity contribution in [1.29, 1.82) is 0 Å². The fourth-order valence-electron chi connectivity index (χ4n) is 2.30. The second-order valence-corrected chi connectivity index (χ2v) is 4.85. The number of amides is 1. The Labute approximate surface area is 116 Å². The van der Waals surface area contributed by atoms with Gasteiger partial charge in [0.1, 0.15) is 5.75 Å². The van der Waals surface area contributed by atoms with Crippen LogP contribution in [0.3, 0.4) is 0 Å². The Morgan fingerprint density at radius 1 is 1.45 bits per heavy atom. The molecule has 20 heavy (non-hydrogen) atoms. The van der Waals surface area contributed by atoms with E-state index in [4.69, 9.17) is 0 Å². The standard InChI is InChI=1S/C14H18F2N2O2/c1-9(17-8-10-6-7-13(19)18-10)11-4-2-3-5-12(11)20-14(15)16/h2-5,9-10,14,17H,6-8H2,1H3,(H,18,19). The number of hydrogen-bond donors (Lipinski definition) is 2. The first-order valence-corrected chi connectivity index (χ1v) is 6.62. The van der Waals surface area contributed by atoms with Crippen molar-refractivity contribution >= 4 is 5.91 Å². The smallest absolute Gasteiger partial charge is 0.387 e. The summed E-state index contributed by atoms with van der Waals surface area (Å²) in [5.41, 5.74) is 0.678. The quantitative estimate of drug-likeness (QED) is 0.842. The van der Waals surface area contributed by atoms with Crippen LogP contribution in [-0.4, -0.2) is 25.1 Å². The molecule has 1 aliphatic rings. The third kappa shape index (κ3) is 3.90. The van der Waals surface area contributed by atoms with Crippen LogP contribution < -0.4 is 15.4 Å². The van der Waals surface area contributed by atoms with E-state index in [9.17, 15) is 13.6 Å². The lowest BCUT2D eigenvalue weighted by Gasteiger charge is -2.20. The Hall–Kier alpha value is -1.69. The van der Waals surface area contributed by atoms with E-state index in [1.165, 1.54) is 6.07 Å². The second kappa shape index (κ2) is 6.65. The van der Waals surface area contributed by atoms with Crippen molar-refractivity contribution in [1.82, 2.24) is 10.6 Å². The van der Waals surface area contributed by atoms with E-state index >= 15 is 0 Å². The first kappa shape index (κ1) is 14.7. The van der Waals surface area contributed by atoms with Gasteiger partial charge in [-0.05, 0) is 19.4 Å². The Bertz CT molecular complexity index is 468. The molecule has 0 radical (unpaired) electrons. The van der Waals surface area contributed by atoms with Crippen LogP contribution in [0.25, 0.3) is 0 Å². The number of nitrogens with one attached hydrogen (secondary N) is 2. The van der Waals surface area contributed by atoms with Crippen LogP contribution in [0.1, 0.15) is 31.4 Å². The van der Waals surface area contributed by atoms with Crippen molar-refractivity contribution in [3.8, 4) is 5.75 Å². The average Bonchev–Trinajstić information content (AvgIpc) is 2.82. The molecule has 1 aromatic carbocycles. The minimum Gasteiger partial charge on any atom is -0.434 e. The van der Waals surface area contributed by atoms with E-state index < -0.39 is 6.61 Å². The lowest BCUT2D eigenvalue weighted by atomic mass is 10.1. The van der Waals surface area contributed by atoms with Gasteiger partial charge in [0, 0.05) is 30.6 Å². The van der Waals surface area contributed by atoms with E-state index in [1.54, 1.807) is 18.2 Å². The molecule has 2 N–H and O–H groups in total. The van der Waals surface area contributed by atoms with Crippen LogP contribution in [0.15, 0.2) is 24.3 Å². The van der Waals surface area contributed by atoms with Crippen LogP contribution in [-0.2, 0) is 4.79 Å². The molecule has 110 valence electrons. The van der Waals surface area contributed by atoms with Crippen molar-refractivity contribution in [3.05, 3.63) is 29.8 Å². The summed E-state index contributed by atoms with van der Waals surface area (Å²) in [6.45, 7) is -0.349. The number of rotatable bonds is 6. The zero-order valence-corrected chi connectivity index (χ0v) is 11.2. The van der Waals surface area contributed by atoms with Gasteiger partial charge >= 0.3 is 6.61 Å². The summed E-state index contributed by atoms with van der Waals surface area (Å²) in [5, 5.41) is 6.09. The van der Waals surface area contributed by atoms with Crippen molar-refractivity contribution in [2.24, 2.45) is 0 Å². The lowest BCUT2D eigenvalue weighted by molar-refractivity contribution is -0.119. The molecule has 1 aromatic rings. The Balaban J connectivity index is 1.94. The van der Waals surface area contributed by atoms with Crippen molar-refractivity contribution in [2.45, 2.75) is 38.5 Å². The minimum absolute atomic E-state index is 0.0610. The van der Waals surface area contributed by atoms with Gasteiger partial charge < -0.3 is 15.4 Å². The molecule has 4 nitrogen and oxygen atoms in total. The summed E-state index contributed by atoms with van der Waals surface area (Å²) in [6.07, 6.45) is 1.35. The van der Waals surface area contributed by atoms with E-state index in [1.807, 2.05) is 6.92 Å². The average molecular weight is 284 g/mol. The normalized spacial score (nSPS) is 20.0. The fraction of sp³-hybridized carbons (Fsp3) is 0.500. The number of ether oxygens (including phenoxy) is 1. The maximum absolute atomic E-state index is 12.3. The monoisotopic (exact) mass is 284 g/mol. The van der Waals surface area contributed by atoms with Crippen LogP contribution in [0, 0.1) is 0 Å². The van der Waals surface area contributed by atoms with Gasteiger partial charge in [-0.3, -0.25) is 4.79 Å². The van der Waals surface area contributed by atoms with Crippen molar-refractivity contribution in [2.75, 3.05) is 6.54 Å². The first-order valence-electron chi connectivity index (χ1n) is 6.62. The highest BCUT2D eigenvalue weighted by atomic mass is 19.3. The summed E-state index contributed by atoms with van der Waals surface area (Å²) < 4.78 is 29.2. The first-order chi connectivity index (χ1) is 9.56. The molecule has 2 unspecified atom stereocenters. The van der Waals surface area contributed by atoms with Gasteiger partial charge in [0.25, 0.3) is 0 Å². The van der Waals surface area contributed by atoms with Gasteiger partial charge in [0.2, 0.25) is 5.91 Å². The molecule has 0 spiro atoms. The molecule has 0 bridgehead atoms. The van der Waals surface area contributed by atoms with Crippen LogP contribution in [0.5, 0.6) is 5.75 Å². The van der Waals surface area contributed by atoms with Gasteiger partial charge in [0.05, 0.1) is 0 Å². The zero-order valence-electron chi connectivity index (χ0n) is 11.2. The molecule has 0 saturated carbocycles. The van der Waals surface area contributed by atoms with Crippen LogP contribution >= 0.6 is 0 Å². The molecule has 1 aliphatic heterocycles. The summed E-state index contributed by atoms with van der Waals surface area (Å²) in [5.74, 6) is 0.240. The van der Waals surface area contributed by atoms with Gasteiger partial charge in [-0.15, -0.1) is 0 Å². The zero-order chi connectivity index (χ0) is 14.5. The van der Waals surface area contributed by atoms with Gasteiger partial charge in [-0.2, -0.15) is 8.78 Å². The summed E-state index contributed by atoms with van der Waals surface area (Å²) >= 11 is 0. The number of benzene rings is 1. The highest BCUT2D eigenvalue weighted by Gasteiger charge is 2.21. The number of carbonyl (C=O) groups is 1. The van der Waals surface area contributed by atoms with E-state index in [0.717, 1.165) is 6.42 Å². The molecule has 1 fully saturated rings. The maximum Gasteiger partial charge on any atom is 0.387 e. The molecular weight excluding hydrogens is 266 g/mol. The van der Waals surface area contributed by atoms with Crippen molar-refractivity contribution in [3.63, 3.8) is 0 Å². The van der Waals surface area contributed by atoms with E-state index in [-0.39, 0.29) is 23.7 Å². The number of para-hydroxylation sites is 1. The highest BCUT2D eigenvalue weighted by Crippen LogP contribution is 2.26. The molecule has 1 amide bonds.